The van der Waals surface area contributed by atoms with Crippen LogP contribution >= 0.6 is 22.9 Å². The number of halogens is 1. The van der Waals surface area contributed by atoms with Crippen molar-refractivity contribution in [3.63, 3.8) is 0 Å². The lowest BCUT2D eigenvalue weighted by molar-refractivity contribution is -0.139. The summed E-state index contributed by atoms with van der Waals surface area (Å²) in [4.78, 5) is 15.4. The number of benzene rings is 1. The van der Waals surface area contributed by atoms with Crippen LogP contribution < -0.4 is 11.1 Å². The van der Waals surface area contributed by atoms with Crippen LogP contribution in [0.2, 0.25) is 5.02 Å². The van der Waals surface area contributed by atoms with Gasteiger partial charge in [0.1, 0.15) is 0 Å². The van der Waals surface area contributed by atoms with Gasteiger partial charge in [-0.15, -0.1) is 11.3 Å². The Morgan fingerprint density at radius 3 is 3.05 bits per heavy atom. The van der Waals surface area contributed by atoms with Crippen molar-refractivity contribution in [1.82, 2.24) is 4.98 Å². The van der Waals surface area contributed by atoms with Crippen LogP contribution in [0.3, 0.4) is 0 Å². The lowest BCUT2D eigenvalue weighted by Gasteiger charge is -2.04. The van der Waals surface area contributed by atoms with Gasteiger partial charge < -0.3 is 15.8 Å². The second-order valence-corrected chi connectivity index (χ2v) is 5.02. The third-order valence-electron chi connectivity index (χ3n) is 2.35. The Balaban J connectivity index is 2.07. The Morgan fingerprint density at radius 1 is 1.58 bits per heavy atom. The standard InChI is InChI=1S/C12H12ClN3O2S/c1-18-11(17)5-8-6-19-12(16-8)15-7-2-3-9(13)10(14)4-7/h2-4,6H,5,14H2,1H3,(H,15,16). The van der Waals surface area contributed by atoms with E-state index in [9.17, 15) is 4.79 Å². The predicted octanol–water partition coefficient (Wildman–Crippen LogP) is 2.84. The number of thiazole rings is 1. The number of carbonyl (C=O) groups is 1. The van der Waals surface area contributed by atoms with Crippen molar-refractivity contribution < 1.29 is 9.53 Å². The van der Waals surface area contributed by atoms with Crippen LogP contribution in [0.15, 0.2) is 23.6 Å². The molecule has 1 heterocycles. The number of nitrogens with zero attached hydrogens (tertiary/aromatic N) is 1. The van der Waals surface area contributed by atoms with Crippen molar-refractivity contribution in [3.05, 3.63) is 34.3 Å². The first kappa shape index (κ1) is 13.6. The lowest BCUT2D eigenvalue weighted by atomic mass is 10.3. The molecule has 0 spiro atoms. The van der Waals surface area contributed by atoms with Crippen LogP contribution in [-0.2, 0) is 16.0 Å². The van der Waals surface area contributed by atoms with Gasteiger partial charge in [-0.3, -0.25) is 4.79 Å². The topological polar surface area (TPSA) is 77.2 Å². The molecule has 0 bridgehead atoms. The van der Waals surface area contributed by atoms with Crippen LogP contribution in [-0.4, -0.2) is 18.1 Å². The number of nitrogens with one attached hydrogen (secondary N) is 1. The minimum absolute atomic E-state index is 0.164. The Hall–Kier alpha value is -1.79. The minimum atomic E-state index is -0.312. The predicted molar refractivity (Wildman–Crippen MR) is 77.0 cm³/mol. The molecule has 0 fully saturated rings. The highest BCUT2D eigenvalue weighted by atomic mass is 35.5. The molecule has 0 radical (unpaired) electrons. The summed E-state index contributed by atoms with van der Waals surface area (Å²) in [5.41, 5.74) is 7.67. The molecule has 100 valence electrons. The molecular formula is C12H12ClN3O2S. The number of esters is 1. The fourth-order valence-electron chi connectivity index (χ4n) is 1.41. The van der Waals surface area contributed by atoms with Crippen LogP contribution in [0, 0.1) is 0 Å². The number of aromatic nitrogens is 1. The van der Waals surface area contributed by atoms with E-state index in [-0.39, 0.29) is 12.4 Å². The molecule has 7 heteroatoms. The first-order chi connectivity index (χ1) is 9.08. The Kier molecular flexibility index (Phi) is 4.24. The average Bonchev–Trinajstić information content (AvgIpc) is 2.81. The molecule has 2 rings (SSSR count). The van der Waals surface area contributed by atoms with Crippen LogP contribution in [0.5, 0.6) is 0 Å². The SMILES string of the molecule is COC(=O)Cc1csc(Nc2ccc(Cl)c(N)c2)n1. The highest BCUT2D eigenvalue weighted by Crippen LogP contribution is 2.26. The summed E-state index contributed by atoms with van der Waals surface area (Å²) in [5.74, 6) is -0.312. The van der Waals surface area contributed by atoms with Crippen molar-refractivity contribution in [2.24, 2.45) is 0 Å². The molecule has 19 heavy (non-hydrogen) atoms. The van der Waals surface area contributed by atoms with E-state index in [1.165, 1.54) is 18.4 Å². The maximum Gasteiger partial charge on any atom is 0.311 e. The molecule has 2 aromatic rings. The number of hydrogen-bond acceptors (Lipinski definition) is 6. The van der Waals surface area contributed by atoms with Gasteiger partial charge in [0.15, 0.2) is 5.13 Å². The molecule has 0 aliphatic heterocycles. The first-order valence-electron chi connectivity index (χ1n) is 5.42. The van der Waals surface area contributed by atoms with Crippen LogP contribution in [0.1, 0.15) is 5.69 Å². The number of nitrogens with two attached hydrogens (primary N) is 1. The van der Waals surface area contributed by atoms with Crippen molar-refractivity contribution in [1.29, 1.82) is 0 Å². The molecule has 0 atom stereocenters. The van der Waals surface area contributed by atoms with Crippen molar-refractivity contribution in [2.45, 2.75) is 6.42 Å². The molecule has 5 nitrogen and oxygen atoms in total. The maximum absolute atomic E-state index is 11.1. The minimum Gasteiger partial charge on any atom is -0.469 e. The summed E-state index contributed by atoms with van der Waals surface area (Å²) < 4.78 is 4.58. The van der Waals surface area contributed by atoms with Crippen LogP contribution in [0.4, 0.5) is 16.5 Å². The third-order valence-corrected chi connectivity index (χ3v) is 3.50. The fourth-order valence-corrected chi connectivity index (χ4v) is 2.26. The lowest BCUT2D eigenvalue weighted by Crippen LogP contribution is -2.04. The summed E-state index contributed by atoms with van der Waals surface area (Å²) in [6, 6.07) is 5.24. The zero-order valence-electron chi connectivity index (χ0n) is 10.1. The molecule has 1 aromatic carbocycles. The van der Waals surface area contributed by atoms with E-state index in [1.807, 2.05) is 0 Å². The summed E-state index contributed by atoms with van der Waals surface area (Å²) >= 11 is 7.25. The second kappa shape index (κ2) is 5.90. The van der Waals surface area contributed by atoms with Gasteiger partial charge in [-0.25, -0.2) is 4.98 Å². The number of anilines is 3. The van der Waals surface area contributed by atoms with Crippen molar-refractivity contribution >= 4 is 45.4 Å². The molecule has 1 aromatic heterocycles. The van der Waals surface area contributed by atoms with E-state index >= 15 is 0 Å². The van der Waals surface area contributed by atoms with Gasteiger partial charge in [-0.05, 0) is 18.2 Å². The summed E-state index contributed by atoms with van der Waals surface area (Å²) in [5, 5.41) is 6.10. The highest BCUT2D eigenvalue weighted by molar-refractivity contribution is 7.13. The largest absolute Gasteiger partial charge is 0.469 e. The molecule has 0 unspecified atom stereocenters. The van der Waals surface area contributed by atoms with E-state index < -0.39 is 0 Å². The Morgan fingerprint density at radius 2 is 2.37 bits per heavy atom. The number of carbonyl (C=O) groups excluding carboxylic acids is 1. The zero-order valence-corrected chi connectivity index (χ0v) is 11.7. The smallest absolute Gasteiger partial charge is 0.311 e. The highest BCUT2D eigenvalue weighted by Gasteiger charge is 2.08. The number of rotatable bonds is 4. The van der Waals surface area contributed by atoms with Gasteiger partial charge in [0.25, 0.3) is 0 Å². The number of ether oxygens (including phenoxy) is 1. The van der Waals surface area contributed by atoms with Gasteiger partial charge in [-0.1, -0.05) is 11.6 Å². The fraction of sp³-hybridized carbons (Fsp3) is 0.167. The summed E-state index contributed by atoms with van der Waals surface area (Å²) in [7, 11) is 1.35. The molecule has 0 amide bonds. The van der Waals surface area contributed by atoms with Gasteiger partial charge in [0, 0.05) is 11.1 Å². The second-order valence-electron chi connectivity index (χ2n) is 3.76. The third kappa shape index (κ3) is 3.59. The van der Waals surface area contributed by atoms with Crippen molar-refractivity contribution in [2.75, 3.05) is 18.2 Å². The van der Waals surface area contributed by atoms with Gasteiger partial charge in [0.05, 0.1) is 29.9 Å². The normalized spacial score (nSPS) is 10.2. The molecule has 0 aliphatic rings. The molecular weight excluding hydrogens is 286 g/mol. The van der Waals surface area contributed by atoms with E-state index in [1.54, 1.807) is 23.6 Å². The van der Waals surface area contributed by atoms with E-state index in [4.69, 9.17) is 17.3 Å². The van der Waals surface area contributed by atoms with E-state index in [2.05, 4.69) is 15.0 Å². The average molecular weight is 298 g/mol. The molecule has 0 saturated carbocycles. The number of hydrogen-bond donors (Lipinski definition) is 2. The van der Waals surface area contributed by atoms with E-state index in [0.717, 1.165) is 5.69 Å². The Labute approximate surface area is 119 Å². The zero-order chi connectivity index (χ0) is 13.8. The monoisotopic (exact) mass is 297 g/mol. The first-order valence-corrected chi connectivity index (χ1v) is 6.67. The van der Waals surface area contributed by atoms with Crippen molar-refractivity contribution in [3.8, 4) is 0 Å². The number of methoxy groups -OCH3 is 1. The van der Waals surface area contributed by atoms with Gasteiger partial charge >= 0.3 is 5.97 Å². The van der Waals surface area contributed by atoms with E-state index in [0.29, 0.717) is 21.5 Å². The molecule has 0 aliphatic carbocycles. The maximum atomic E-state index is 11.1. The summed E-state index contributed by atoms with van der Waals surface area (Å²) in [6.07, 6.45) is 0.164. The van der Waals surface area contributed by atoms with Gasteiger partial charge in [0.2, 0.25) is 0 Å². The molecule has 0 saturated heterocycles. The Bertz CT molecular complexity index is 600. The number of nitrogen functional groups attached to an aromatic ring is 1. The molecule has 3 N–H and O–H groups in total. The quantitative estimate of drug-likeness (QED) is 0.670. The van der Waals surface area contributed by atoms with Gasteiger partial charge in [-0.2, -0.15) is 0 Å². The summed E-state index contributed by atoms with van der Waals surface area (Å²) in [6.45, 7) is 0. The van der Waals surface area contributed by atoms with Crippen LogP contribution in [0.25, 0.3) is 0 Å².